The molecular formula is C12H17FOSi. The van der Waals surface area contributed by atoms with Gasteiger partial charge in [-0.2, -0.15) is 0 Å². The molecule has 0 saturated carbocycles. The van der Waals surface area contributed by atoms with E-state index in [4.69, 9.17) is 0 Å². The lowest BCUT2D eigenvalue weighted by atomic mass is 10.1. The molecule has 1 aromatic rings. The number of carbonyl (C=O) groups excluding carboxylic acids is 1. The first-order valence-corrected chi connectivity index (χ1v) is 8.69. The van der Waals surface area contributed by atoms with E-state index in [0.717, 1.165) is 5.19 Å². The number of ketones is 1. The molecule has 0 bridgehead atoms. The van der Waals surface area contributed by atoms with Crippen LogP contribution in [0.5, 0.6) is 0 Å². The lowest BCUT2D eigenvalue weighted by molar-refractivity contribution is 0.0988. The minimum atomic E-state index is -1.70. The molecule has 0 spiro atoms. The van der Waals surface area contributed by atoms with E-state index < -0.39 is 8.07 Å². The molecule has 0 radical (unpaired) electrons. The molecule has 0 N–H and O–H groups in total. The van der Waals surface area contributed by atoms with Gasteiger partial charge in [0.05, 0.1) is 8.07 Å². The van der Waals surface area contributed by atoms with Crippen molar-refractivity contribution in [2.45, 2.75) is 33.0 Å². The van der Waals surface area contributed by atoms with Gasteiger partial charge in [0.2, 0.25) is 0 Å². The highest BCUT2D eigenvalue weighted by Gasteiger charge is 2.21. The zero-order chi connectivity index (χ0) is 11.6. The molecule has 0 fully saturated rings. The Kier molecular flexibility index (Phi) is 3.45. The second-order valence-electron chi connectivity index (χ2n) is 4.72. The normalized spacial score (nSPS) is 11.5. The van der Waals surface area contributed by atoms with E-state index in [1.165, 1.54) is 6.07 Å². The molecule has 15 heavy (non-hydrogen) atoms. The minimum Gasteiger partial charge on any atom is -0.294 e. The Morgan fingerprint density at radius 3 is 2.40 bits per heavy atom. The van der Waals surface area contributed by atoms with E-state index in [1.807, 2.05) is 6.92 Å². The first-order valence-electron chi connectivity index (χ1n) is 5.19. The molecule has 3 heteroatoms. The molecule has 1 rings (SSSR count). The summed E-state index contributed by atoms with van der Waals surface area (Å²) >= 11 is 0. The minimum absolute atomic E-state index is 0.0782. The standard InChI is InChI=1S/C12H17FOSi/c1-5-11(14)9-6-7-10(13)12(8-9)15(2,3)4/h6-8H,5H2,1-4H3. The average molecular weight is 224 g/mol. The Morgan fingerprint density at radius 1 is 1.33 bits per heavy atom. The van der Waals surface area contributed by atoms with Gasteiger partial charge in [-0.25, -0.2) is 4.39 Å². The van der Waals surface area contributed by atoms with Crippen LogP contribution < -0.4 is 5.19 Å². The molecule has 0 saturated heterocycles. The van der Waals surface area contributed by atoms with Gasteiger partial charge < -0.3 is 0 Å². The molecule has 0 atom stereocenters. The summed E-state index contributed by atoms with van der Waals surface area (Å²) in [5.41, 5.74) is 0.635. The van der Waals surface area contributed by atoms with Crippen molar-refractivity contribution in [1.29, 1.82) is 0 Å². The van der Waals surface area contributed by atoms with E-state index in [9.17, 15) is 9.18 Å². The van der Waals surface area contributed by atoms with Gasteiger partial charge in [-0.05, 0) is 23.4 Å². The second-order valence-corrected chi connectivity index (χ2v) is 9.76. The van der Waals surface area contributed by atoms with E-state index in [2.05, 4.69) is 19.6 Å². The zero-order valence-electron chi connectivity index (χ0n) is 9.73. The molecule has 0 unspecified atom stereocenters. The topological polar surface area (TPSA) is 17.1 Å². The Hall–Kier alpha value is -0.963. The van der Waals surface area contributed by atoms with Crippen molar-refractivity contribution in [1.82, 2.24) is 0 Å². The first kappa shape index (κ1) is 12.1. The van der Waals surface area contributed by atoms with Gasteiger partial charge >= 0.3 is 0 Å². The summed E-state index contributed by atoms with van der Waals surface area (Å²) in [6.07, 6.45) is 0.469. The van der Waals surface area contributed by atoms with Gasteiger partial charge in [0.1, 0.15) is 5.82 Å². The number of rotatable bonds is 3. The molecule has 82 valence electrons. The summed E-state index contributed by atoms with van der Waals surface area (Å²) in [4.78, 5) is 11.5. The van der Waals surface area contributed by atoms with Gasteiger partial charge in [0, 0.05) is 12.0 Å². The highest BCUT2D eigenvalue weighted by molar-refractivity contribution is 6.88. The third kappa shape index (κ3) is 2.75. The van der Waals surface area contributed by atoms with E-state index >= 15 is 0 Å². The molecule has 1 aromatic carbocycles. The number of halogens is 1. The van der Waals surface area contributed by atoms with Crippen LogP contribution in [-0.2, 0) is 0 Å². The number of carbonyl (C=O) groups is 1. The second kappa shape index (κ2) is 4.27. The summed E-state index contributed by atoms with van der Waals surface area (Å²) < 4.78 is 13.6. The molecule has 0 aliphatic carbocycles. The lowest BCUT2D eigenvalue weighted by Gasteiger charge is -2.18. The summed E-state index contributed by atoms with van der Waals surface area (Å²) in [6, 6.07) is 4.72. The SMILES string of the molecule is CCC(=O)c1ccc(F)c([Si](C)(C)C)c1. The molecule has 0 aliphatic rings. The first-order chi connectivity index (χ1) is 6.86. The number of Topliss-reactive ketones (excluding diaryl/α,β-unsaturated/α-hetero) is 1. The van der Waals surface area contributed by atoms with Crippen molar-refractivity contribution in [2.75, 3.05) is 0 Å². The third-order valence-electron chi connectivity index (χ3n) is 2.42. The zero-order valence-corrected chi connectivity index (χ0v) is 10.7. The maximum absolute atomic E-state index is 13.6. The van der Waals surface area contributed by atoms with Crippen LogP contribution >= 0.6 is 0 Å². The largest absolute Gasteiger partial charge is 0.294 e. The van der Waals surface area contributed by atoms with Crippen LogP contribution in [0.3, 0.4) is 0 Å². The molecule has 0 aliphatic heterocycles. The van der Waals surface area contributed by atoms with Crippen molar-refractivity contribution in [3.8, 4) is 0 Å². The molecule has 0 aromatic heterocycles. The van der Waals surface area contributed by atoms with Crippen LogP contribution in [0.15, 0.2) is 18.2 Å². The molecule has 0 heterocycles. The predicted octanol–water partition coefficient (Wildman–Crippen LogP) is 2.96. The Balaban J connectivity index is 3.23. The van der Waals surface area contributed by atoms with Gasteiger partial charge in [-0.15, -0.1) is 0 Å². The molecule has 0 amide bonds. The Morgan fingerprint density at radius 2 is 1.93 bits per heavy atom. The maximum atomic E-state index is 13.6. The highest BCUT2D eigenvalue weighted by Crippen LogP contribution is 2.10. The van der Waals surface area contributed by atoms with Crippen LogP contribution in [0.1, 0.15) is 23.7 Å². The number of hydrogen-bond donors (Lipinski definition) is 0. The van der Waals surface area contributed by atoms with Crippen LogP contribution in [0.4, 0.5) is 4.39 Å². The van der Waals surface area contributed by atoms with Crippen LogP contribution in [-0.4, -0.2) is 13.9 Å². The van der Waals surface area contributed by atoms with Crippen molar-refractivity contribution in [3.05, 3.63) is 29.6 Å². The van der Waals surface area contributed by atoms with Gasteiger partial charge in [-0.3, -0.25) is 4.79 Å². The maximum Gasteiger partial charge on any atom is 0.162 e. The Labute approximate surface area is 91.3 Å². The van der Waals surface area contributed by atoms with Crippen molar-refractivity contribution in [3.63, 3.8) is 0 Å². The van der Waals surface area contributed by atoms with Gasteiger partial charge in [-0.1, -0.05) is 26.6 Å². The quantitative estimate of drug-likeness (QED) is 0.570. The van der Waals surface area contributed by atoms with Crippen LogP contribution in [0.25, 0.3) is 0 Å². The van der Waals surface area contributed by atoms with E-state index in [1.54, 1.807) is 12.1 Å². The highest BCUT2D eigenvalue weighted by atomic mass is 28.3. The molecule has 1 nitrogen and oxygen atoms in total. The van der Waals surface area contributed by atoms with Crippen LogP contribution in [0.2, 0.25) is 19.6 Å². The van der Waals surface area contributed by atoms with E-state index in [0.29, 0.717) is 12.0 Å². The van der Waals surface area contributed by atoms with Crippen molar-refractivity contribution < 1.29 is 9.18 Å². The Bertz CT molecular complexity index is 380. The summed E-state index contributed by atoms with van der Waals surface area (Å²) in [5, 5.41) is 0.738. The average Bonchev–Trinajstić information content (AvgIpc) is 2.15. The van der Waals surface area contributed by atoms with Gasteiger partial charge in [0.15, 0.2) is 5.78 Å². The number of hydrogen-bond acceptors (Lipinski definition) is 1. The predicted molar refractivity (Wildman–Crippen MR) is 64.0 cm³/mol. The number of benzene rings is 1. The fourth-order valence-electron chi connectivity index (χ4n) is 1.48. The third-order valence-corrected chi connectivity index (χ3v) is 4.42. The summed E-state index contributed by atoms with van der Waals surface area (Å²) in [6.45, 7) is 8.04. The van der Waals surface area contributed by atoms with Crippen molar-refractivity contribution in [2.24, 2.45) is 0 Å². The van der Waals surface area contributed by atoms with Crippen molar-refractivity contribution >= 4 is 19.0 Å². The fourth-order valence-corrected chi connectivity index (χ4v) is 2.87. The van der Waals surface area contributed by atoms with Gasteiger partial charge in [0.25, 0.3) is 0 Å². The van der Waals surface area contributed by atoms with Crippen LogP contribution in [0, 0.1) is 5.82 Å². The lowest BCUT2D eigenvalue weighted by Crippen LogP contribution is -2.40. The summed E-state index contributed by atoms with van der Waals surface area (Å²) in [5.74, 6) is -0.101. The molecular weight excluding hydrogens is 207 g/mol. The smallest absolute Gasteiger partial charge is 0.162 e. The monoisotopic (exact) mass is 224 g/mol. The summed E-state index contributed by atoms with van der Waals surface area (Å²) in [7, 11) is -1.70. The van der Waals surface area contributed by atoms with E-state index in [-0.39, 0.29) is 11.6 Å². The fraction of sp³-hybridized carbons (Fsp3) is 0.417.